The summed E-state index contributed by atoms with van der Waals surface area (Å²) in [4.78, 5) is 30.7. The van der Waals surface area contributed by atoms with Crippen LogP contribution in [0.4, 0.5) is 4.79 Å². The van der Waals surface area contributed by atoms with Crippen LogP contribution in [-0.2, 0) is 4.79 Å². The normalized spacial score (nSPS) is 28.1. The van der Waals surface area contributed by atoms with E-state index >= 15 is 0 Å². The monoisotopic (exact) mass is 280 g/mol. The topological polar surface area (TPSA) is 55.9 Å². The molecule has 3 rings (SSSR count). The number of carbonyl (C=O) groups is 2. The lowest BCUT2D eigenvalue weighted by Crippen LogP contribution is -2.54. The summed E-state index contributed by atoms with van der Waals surface area (Å²) in [6, 6.07) is -0.204. The van der Waals surface area contributed by atoms with Gasteiger partial charge in [0.05, 0.1) is 6.67 Å². The maximum atomic E-state index is 12.7. The van der Waals surface area contributed by atoms with Crippen molar-refractivity contribution in [2.45, 2.75) is 37.6 Å². The Labute approximate surface area is 120 Å². The summed E-state index contributed by atoms with van der Waals surface area (Å²) in [6.07, 6.45) is 5.04. The highest BCUT2D eigenvalue weighted by Crippen LogP contribution is 2.29. The van der Waals surface area contributed by atoms with Crippen molar-refractivity contribution in [2.24, 2.45) is 0 Å². The van der Waals surface area contributed by atoms with E-state index in [-0.39, 0.29) is 11.9 Å². The lowest BCUT2D eigenvalue weighted by Gasteiger charge is -2.35. The first-order valence-electron chi connectivity index (χ1n) is 7.66. The summed E-state index contributed by atoms with van der Waals surface area (Å²) < 4.78 is 0. The highest BCUT2D eigenvalue weighted by atomic mass is 16.2. The average Bonchev–Trinajstić information content (AvgIpc) is 2.68. The third-order valence-electron chi connectivity index (χ3n) is 4.88. The molecule has 0 aromatic rings. The quantitative estimate of drug-likeness (QED) is 0.746. The van der Waals surface area contributed by atoms with Crippen LogP contribution < -0.4 is 5.32 Å². The van der Waals surface area contributed by atoms with Gasteiger partial charge in [0.2, 0.25) is 0 Å². The van der Waals surface area contributed by atoms with E-state index in [1.54, 1.807) is 0 Å². The molecular weight excluding hydrogens is 256 g/mol. The Bertz CT molecular complexity index is 398. The highest BCUT2D eigenvalue weighted by Gasteiger charge is 2.52. The van der Waals surface area contributed by atoms with Gasteiger partial charge in [0.25, 0.3) is 5.91 Å². The standard InChI is InChI=1S/C14H24N4O2/c1-16-9-5-14(6-10-16)12(19)18(13(20)15-14)11-17-7-3-2-4-8-17/h2-11H2,1H3,(H,15,20). The molecule has 0 radical (unpaired) electrons. The highest BCUT2D eigenvalue weighted by molar-refractivity contribution is 6.07. The number of piperidine rings is 2. The van der Waals surface area contributed by atoms with E-state index in [1.807, 2.05) is 0 Å². The predicted octanol–water partition coefficient (Wildman–Crippen LogP) is 0.446. The zero-order valence-corrected chi connectivity index (χ0v) is 12.2. The zero-order chi connectivity index (χ0) is 14.2. The van der Waals surface area contributed by atoms with E-state index in [0.717, 1.165) is 39.0 Å². The molecule has 3 fully saturated rings. The number of nitrogens with one attached hydrogen (secondary N) is 1. The third-order valence-corrected chi connectivity index (χ3v) is 4.88. The number of urea groups is 1. The minimum Gasteiger partial charge on any atom is -0.323 e. The Balaban J connectivity index is 1.67. The van der Waals surface area contributed by atoms with Gasteiger partial charge in [-0.15, -0.1) is 0 Å². The Morgan fingerprint density at radius 2 is 1.70 bits per heavy atom. The summed E-state index contributed by atoms with van der Waals surface area (Å²) in [5.41, 5.74) is -0.626. The number of imide groups is 1. The molecule has 6 nitrogen and oxygen atoms in total. The van der Waals surface area contributed by atoms with Gasteiger partial charge in [0.15, 0.2) is 0 Å². The minimum atomic E-state index is -0.626. The first-order valence-corrected chi connectivity index (χ1v) is 7.66. The maximum absolute atomic E-state index is 12.7. The molecule has 112 valence electrons. The largest absolute Gasteiger partial charge is 0.326 e. The Hall–Kier alpha value is -1.14. The van der Waals surface area contributed by atoms with Crippen molar-refractivity contribution in [3.63, 3.8) is 0 Å². The van der Waals surface area contributed by atoms with Crippen LogP contribution in [-0.4, -0.2) is 72.1 Å². The van der Waals surface area contributed by atoms with Gasteiger partial charge < -0.3 is 10.2 Å². The van der Waals surface area contributed by atoms with Crippen molar-refractivity contribution in [1.82, 2.24) is 20.0 Å². The molecule has 0 aromatic heterocycles. The molecule has 1 N–H and O–H groups in total. The molecule has 0 aliphatic carbocycles. The number of hydrogen-bond donors (Lipinski definition) is 1. The number of amides is 3. The van der Waals surface area contributed by atoms with Crippen LogP contribution in [0.25, 0.3) is 0 Å². The Morgan fingerprint density at radius 1 is 1.05 bits per heavy atom. The second kappa shape index (κ2) is 5.33. The van der Waals surface area contributed by atoms with Crippen LogP contribution in [0.15, 0.2) is 0 Å². The molecule has 6 heteroatoms. The average molecular weight is 280 g/mol. The van der Waals surface area contributed by atoms with Gasteiger partial charge in [0.1, 0.15) is 5.54 Å². The van der Waals surface area contributed by atoms with Gasteiger partial charge in [-0.3, -0.25) is 9.69 Å². The fourth-order valence-corrected chi connectivity index (χ4v) is 3.44. The van der Waals surface area contributed by atoms with E-state index in [1.165, 1.54) is 24.2 Å². The van der Waals surface area contributed by atoms with Gasteiger partial charge in [-0.05, 0) is 45.8 Å². The van der Waals surface area contributed by atoms with Crippen LogP contribution in [0.3, 0.4) is 0 Å². The summed E-state index contributed by atoms with van der Waals surface area (Å²) in [6.45, 7) is 4.18. The summed E-state index contributed by atoms with van der Waals surface area (Å²) in [7, 11) is 2.06. The maximum Gasteiger partial charge on any atom is 0.326 e. The third kappa shape index (κ3) is 2.42. The van der Waals surface area contributed by atoms with Crippen molar-refractivity contribution >= 4 is 11.9 Å². The number of rotatable bonds is 2. The summed E-state index contributed by atoms with van der Waals surface area (Å²) in [5.74, 6) is -0.0128. The Kier molecular flexibility index (Phi) is 3.69. The lowest BCUT2D eigenvalue weighted by molar-refractivity contribution is -0.134. The molecule has 1 spiro atoms. The summed E-state index contributed by atoms with van der Waals surface area (Å²) >= 11 is 0. The molecule has 0 aromatic carbocycles. The molecule has 3 heterocycles. The second-order valence-electron chi connectivity index (χ2n) is 6.37. The molecule has 20 heavy (non-hydrogen) atoms. The van der Waals surface area contributed by atoms with E-state index in [9.17, 15) is 9.59 Å². The summed E-state index contributed by atoms with van der Waals surface area (Å²) in [5, 5.41) is 2.96. The van der Waals surface area contributed by atoms with Crippen LogP contribution in [0, 0.1) is 0 Å². The molecule has 0 saturated carbocycles. The van der Waals surface area contributed by atoms with Gasteiger partial charge in [-0.2, -0.15) is 0 Å². The van der Waals surface area contributed by atoms with Crippen molar-refractivity contribution < 1.29 is 9.59 Å². The molecular formula is C14H24N4O2. The number of likely N-dealkylation sites (tertiary alicyclic amines) is 2. The van der Waals surface area contributed by atoms with Gasteiger partial charge in [-0.25, -0.2) is 9.69 Å². The van der Waals surface area contributed by atoms with E-state index < -0.39 is 5.54 Å². The fourth-order valence-electron chi connectivity index (χ4n) is 3.44. The molecule has 3 saturated heterocycles. The van der Waals surface area contributed by atoms with E-state index in [0.29, 0.717) is 6.67 Å². The van der Waals surface area contributed by atoms with Crippen molar-refractivity contribution in [1.29, 1.82) is 0 Å². The molecule has 3 aliphatic heterocycles. The SMILES string of the molecule is CN1CCC2(CC1)NC(=O)N(CN1CCCCC1)C2=O. The second-order valence-corrected chi connectivity index (χ2v) is 6.37. The lowest BCUT2D eigenvalue weighted by atomic mass is 9.88. The van der Waals surface area contributed by atoms with E-state index in [2.05, 4.69) is 22.2 Å². The van der Waals surface area contributed by atoms with E-state index in [4.69, 9.17) is 0 Å². The number of hydrogen-bond acceptors (Lipinski definition) is 4. The minimum absolute atomic E-state index is 0.0128. The number of nitrogens with zero attached hydrogens (tertiary/aromatic N) is 3. The van der Waals surface area contributed by atoms with Crippen LogP contribution in [0.2, 0.25) is 0 Å². The predicted molar refractivity (Wildman–Crippen MR) is 75.1 cm³/mol. The number of carbonyl (C=O) groups excluding carboxylic acids is 2. The van der Waals surface area contributed by atoms with Crippen LogP contribution in [0.5, 0.6) is 0 Å². The molecule has 0 bridgehead atoms. The van der Waals surface area contributed by atoms with Gasteiger partial charge >= 0.3 is 6.03 Å². The van der Waals surface area contributed by atoms with Gasteiger partial charge in [0, 0.05) is 13.1 Å². The molecule has 3 amide bonds. The van der Waals surface area contributed by atoms with Crippen LogP contribution >= 0.6 is 0 Å². The van der Waals surface area contributed by atoms with Crippen molar-refractivity contribution in [2.75, 3.05) is 39.9 Å². The molecule has 0 atom stereocenters. The molecule has 3 aliphatic rings. The first-order chi connectivity index (χ1) is 9.61. The molecule has 0 unspecified atom stereocenters. The van der Waals surface area contributed by atoms with Crippen LogP contribution in [0.1, 0.15) is 32.1 Å². The zero-order valence-electron chi connectivity index (χ0n) is 12.2. The fraction of sp³-hybridized carbons (Fsp3) is 0.857. The van der Waals surface area contributed by atoms with Crippen molar-refractivity contribution in [3.05, 3.63) is 0 Å². The Morgan fingerprint density at radius 3 is 2.35 bits per heavy atom. The first kappa shape index (κ1) is 13.8. The van der Waals surface area contributed by atoms with Gasteiger partial charge in [-0.1, -0.05) is 6.42 Å². The van der Waals surface area contributed by atoms with Crippen molar-refractivity contribution in [3.8, 4) is 0 Å². The smallest absolute Gasteiger partial charge is 0.323 e.